The molecule has 0 saturated carbocycles. The molecule has 0 spiro atoms. The number of carbonyl (C=O) groups is 2. The van der Waals surface area contributed by atoms with Gasteiger partial charge in [0.1, 0.15) is 17.5 Å². The highest BCUT2D eigenvalue weighted by molar-refractivity contribution is 5.88. The van der Waals surface area contributed by atoms with Crippen LogP contribution in [0, 0.1) is 17.5 Å². The lowest BCUT2D eigenvalue weighted by atomic mass is 10.1. The SMILES string of the molecule is O=C(Cc1c(F)cc(F)cc1F)NOC(=O)c1cnccn1. The van der Waals surface area contributed by atoms with E-state index in [9.17, 15) is 22.8 Å². The monoisotopic (exact) mass is 311 g/mol. The summed E-state index contributed by atoms with van der Waals surface area (Å²) in [6.07, 6.45) is 2.90. The summed E-state index contributed by atoms with van der Waals surface area (Å²) in [6.45, 7) is 0. The third-order valence-electron chi connectivity index (χ3n) is 2.47. The number of nitrogens with zero attached hydrogens (tertiary/aromatic N) is 2. The minimum Gasteiger partial charge on any atom is -0.334 e. The summed E-state index contributed by atoms with van der Waals surface area (Å²) in [5.74, 6) is -5.53. The smallest absolute Gasteiger partial charge is 0.334 e. The van der Waals surface area contributed by atoms with Crippen molar-refractivity contribution in [3.63, 3.8) is 0 Å². The highest BCUT2D eigenvalue weighted by Gasteiger charge is 2.17. The van der Waals surface area contributed by atoms with Crippen molar-refractivity contribution in [3.8, 4) is 0 Å². The first-order valence-corrected chi connectivity index (χ1v) is 5.87. The maximum atomic E-state index is 13.3. The molecule has 0 aliphatic carbocycles. The molecule has 0 unspecified atom stereocenters. The first-order chi connectivity index (χ1) is 10.5. The Morgan fingerprint density at radius 3 is 2.41 bits per heavy atom. The van der Waals surface area contributed by atoms with Gasteiger partial charge in [-0.2, -0.15) is 5.48 Å². The van der Waals surface area contributed by atoms with Gasteiger partial charge in [0.15, 0.2) is 5.69 Å². The minimum atomic E-state index is -1.21. The van der Waals surface area contributed by atoms with Crippen LogP contribution < -0.4 is 5.48 Å². The van der Waals surface area contributed by atoms with Crippen LogP contribution in [0.3, 0.4) is 0 Å². The lowest BCUT2D eigenvalue weighted by Gasteiger charge is -2.07. The molecule has 2 rings (SSSR count). The van der Waals surface area contributed by atoms with Crippen molar-refractivity contribution in [1.82, 2.24) is 15.4 Å². The average molecular weight is 311 g/mol. The van der Waals surface area contributed by atoms with E-state index in [1.807, 2.05) is 0 Å². The Labute approximate surface area is 121 Å². The molecule has 2 aromatic rings. The number of rotatable bonds is 3. The predicted octanol–water partition coefficient (Wildman–Crippen LogP) is 1.32. The highest BCUT2D eigenvalue weighted by Crippen LogP contribution is 2.15. The summed E-state index contributed by atoms with van der Waals surface area (Å²) in [4.78, 5) is 34.6. The fraction of sp³-hybridized carbons (Fsp3) is 0.0769. The first kappa shape index (κ1) is 15.4. The number of hydrogen-bond donors (Lipinski definition) is 1. The molecule has 22 heavy (non-hydrogen) atoms. The van der Waals surface area contributed by atoms with Gasteiger partial charge in [0, 0.05) is 30.1 Å². The lowest BCUT2D eigenvalue weighted by molar-refractivity contribution is -0.129. The quantitative estimate of drug-likeness (QED) is 0.865. The number of benzene rings is 1. The van der Waals surface area contributed by atoms with Crippen molar-refractivity contribution in [2.24, 2.45) is 0 Å². The van der Waals surface area contributed by atoms with Crippen LogP contribution in [0.25, 0.3) is 0 Å². The molecule has 1 aromatic heterocycles. The van der Waals surface area contributed by atoms with Crippen LogP contribution in [-0.4, -0.2) is 21.8 Å². The number of aromatic nitrogens is 2. The van der Waals surface area contributed by atoms with Gasteiger partial charge in [-0.15, -0.1) is 0 Å². The van der Waals surface area contributed by atoms with E-state index < -0.39 is 41.3 Å². The van der Waals surface area contributed by atoms with Crippen molar-refractivity contribution in [2.75, 3.05) is 0 Å². The second kappa shape index (κ2) is 6.66. The summed E-state index contributed by atoms with van der Waals surface area (Å²) in [5.41, 5.74) is 0.906. The molecule has 9 heteroatoms. The highest BCUT2D eigenvalue weighted by atomic mass is 19.1. The molecular formula is C13H8F3N3O3. The van der Waals surface area contributed by atoms with Gasteiger partial charge in [0.2, 0.25) is 0 Å². The minimum absolute atomic E-state index is 0.165. The zero-order chi connectivity index (χ0) is 16.1. The number of amides is 1. The van der Waals surface area contributed by atoms with E-state index in [0.29, 0.717) is 12.1 Å². The summed E-state index contributed by atoms with van der Waals surface area (Å²) in [5, 5.41) is 0. The normalized spacial score (nSPS) is 10.1. The van der Waals surface area contributed by atoms with Crippen molar-refractivity contribution >= 4 is 11.9 Å². The second-order valence-electron chi connectivity index (χ2n) is 4.03. The zero-order valence-electron chi connectivity index (χ0n) is 10.8. The molecule has 0 saturated heterocycles. The van der Waals surface area contributed by atoms with E-state index in [-0.39, 0.29) is 5.69 Å². The van der Waals surface area contributed by atoms with Crippen LogP contribution in [0.5, 0.6) is 0 Å². The van der Waals surface area contributed by atoms with Crippen molar-refractivity contribution in [1.29, 1.82) is 0 Å². The number of nitrogens with one attached hydrogen (secondary N) is 1. The molecule has 1 amide bonds. The Hall–Kier alpha value is -2.97. The fourth-order valence-corrected chi connectivity index (χ4v) is 1.50. The molecule has 114 valence electrons. The van der Waals surface area contributed by atoms with Crippen LogP contribution in [0.2, 0.25) is 0 Å². The van der Waals surface area contributed by atoms with E-state index in [1.54, 1.807) is 5.48 Å². The van der Waals surface area contributed by atoms with Crippen LogP contribution in [0.4, 0.5) is 13.2 Å². The van der Waals surface area contributed by atoms with Gasteiger partial charge in [-0.3, -0.25) is 9.78 Å². The topological polar surface area (TPSA) is 81.2 Å². The number of hydrogen-bond acceptors (Lipinski definition) is 5. The van der Waals surface area contributed by atoms with E-state index in [4.69, 9.17) is 0 Å². The van der Waals surface area contributed by atoms with Crippen LogP contribution >= 0.6 is 0 Å². The van der Waals surface area contributed by atoms with Gasteiger partial charge in [-0.25, -0.2) is 22.9 Å². The largest absolute Gasteiger partial charge is 0.382 e. The number of carbonyl (C=O) groups excluding carboxylic acids is 2. The van der Waals surface area contributed by atoms with E-state index in [2.05, 4.69) is 14.8 Å². The molecule has 1 aromatic carbocycles. The van der Waals surface area contributed by atoms with E-state index in [0.717, 1.165) is 6.20 Å². The van der Waals surface area contributed by atoms with Crippen molar-refractivity contribution < 1.29 is 27.6 Å². The summed E-state index contributed by atoms with van der Waals surface area (Å²) < 4.78 is 39.4. The molecular weight excluding hydrogens is 303 g/mol. The summed E-state index contributed by atoms with van der Waals surface area (Å²) >= 11 is 0. The third-order valence-corrected chi connectivity index (χ3v) is 2.47. The Morgan fingerprint density at radius 2 is 1.82 bits per heavy atom. The van der Waals surface area contributed by atoms with Gasteiger partial charge >= 0.3 is 5.97 Å². The molecule has 0 bridgehead atoms. The standard InChI is InChI=1S/C13H8F3N3O3/c14-7-3-9(15)8(10(16)4-7)5-12(20)19-22-13(21)11-6-17-1-2-18-11/h1-4,6H,5H2,(H,19,20). The van der Waals surface area contributed by atoms with Gasteiger partial charge in [-0.1, -0.05) is 0 Å². The van der Waals surface area contributed by atoms with E-state index >= 15 is 0 Å². The molecule has 0 radical (unpaired) electrons. The maximum absolute atomic E-state index is 13.3. The van der Waals surface area contributed by atoms with Gasteiger partial charge in [0.05, 0.1) is 12.6 Å². The predicted molar refractivity (Wildman–Crippen MR) is 65.6 cm³/mol. The Morgan fingerprint density at radius 1 is 1.14 bits per heavy atom. The Kier molecular flexibility index (Phi) is 4.66. The average Bonchev–Trinajstić information content (AvgIpc) is 2.49. The first-order valence-electron chi connectivity index (χ1n) is 5.87. The fourth-order valence-electron chi connectivity index (χ4n) is 1.50. The van der Waals surface area contributed by atoms with Crippen LogP contribution in [0.1, 0.15) is 16.1 Å². The van der Waals surface area contributed by atoms with Gasteiger partial charge < -0.3 is 4.84 Å². The van der Waals surface area contributed by atoms with Crippen LogP contribution in [0.15, 0.2) is 30.7 Å². The van der Waals surface area contributed by atoms with Crippen molar-refractivity contribution in [2.45, 2.75) is 6.42 Å². The lowest BCUT2D eigenvalue weighted by Crippen LogP contribution is -2.29. The Balaban J connectivity index is 1.95. The van der Waals surface area contributed by atoms with Crippen LogP contribution in [-0.2, 0) is 16.1 Å². The summed E-state index contributed by atoms with van der Waals surface area (Å²) in [6, 6.07) is 0.883. The molecule has 1 N–H and O–H groups in total. The molecule has 0 atom stereocenters. The molecule has 1 heterocycles. The molecule has 0 aliphatic heterocycles. The number of halogens is 3. The maximum Gasteiger partial charge on any atom is 0.382 e. The molecule has 0 aliphatic rings. The summed E-state index contributed by atoms with van der Waals surface area (Å²) in [7, 11) is 0. The molecule has 0 fully saturated rings. The van der Waals surface area contributed by atoms with E-state index in [1.165, 1.54) is 12.4 Å². The molecule has 6 nitrogen and oxygen atoms in total. The van der Waals surface area contributed by atoms with Gasteiger partial charge in [0.25, 0.3) is 5.91 Å². The van der Waals surface area contributed by atoms with Crippen molar-refractivity contribution in [3.05, 3.63) is 59.4 Å². The zero-order valence-corrected chi connectivity index (χ0v) is 10.8. The third kappa shape index (κ3) is 3.78. The second-order valence-corrected chi connectivity index (χ2v) is 4.03. The number of hydroxylamine groups is 1. The Bertz CT molecular complexity index is 687. The van der Waals surface area contributed by atoms with Gasteiger partial charge in [-0.05, 0) is 0 Å².